The minimum Gasteiger partial charge on any atom is -0.396 e. The molecule has 1 fully saturated rings. The molecule has 5 heteroatoms. The van der Waals surface area contributed by atoms with E-state index in [0.29, 0.717) is 18.8 Å². The number of hydrogen-bond donors (Lipinski definition) is 2. The molecule has 0 saturated carbocycles. The standard InChI is InChI=1S/C12H17N3O2/c1-13-10-2-3-11(14-6-10)12(17)15-5-4-9(7-15)8-16/h2-3,6,9,13,16H,4-5,7-8H2,1H3. The van der Waals surface area contributed by atoms with Crippen LogP contribution < -0.4 is 5.32 Å². The summed E-state index contributed by atoms with van der Waals surface area (Å²) in [5.74, 6) is 0.166. The summed E-state index contributed by atoms with van der Waals surface area (Å²) in [5, 5.41) is 12.0. The monoisotopic (exact) mass is 235 g/mol. The van der Waals surface area contributed by atoms with Gasteiger partial charge in [-0.15, -0.1) is 0 Å². The van der Waals surface area contributed by atoms with E-state index in [4.69, 9.17) is 5.11 Å². The Morgan fingerprint density at radius 1 is 1.65 bits per heavy atom. The first kappa shape index (κ1) is 11.9. The van der Waals surface area contributed by atoms with Gasteiger partial charge in [0.1, 0.15) is 5.69 Å². The van der Waals surface area contributed by atoms with E-state index in [9.17, 15) is 4.79 Å². The molecule has 0 aromatic carbocycles. The zero-order chi connectivity index (χ0) is 12.3. The smallest absolute Gasteiger partial charge is 0.272 e. The Bertz CT molecular complexity index is 391. The van der Waals surface area contributed by atoms with E-state index in [1.807, 2.05) is 13.1 Å². The molecular weight excluding hydrogens is 218 g/mol. The Hall–Kier alpha value is -1.62. The molecule has 1 aromatic rings. The Labute approximate surface area is 100 Å². The number of nitrogens with zero attached hydrogens (tertiary/aromatic N) is 2. The molecule has 1 saturated heterocycles. The number of rotatable bonds is 3. The molecule has 92 valence electrons. The molecule has 17 heavy (non-hydrogen) atoms. The van der Waals surface area contributed by atoms with Gasteiger partial charge in [0.25, 0.3) is 5.91 Å². The van der Waals surface area contributed by atoms with Crippen LogP contribution in [0.3, 0.4) is 0 Å². The van der Waals surface area contributed by atoms with Crippen LogP contribution in [0.1, 0.15) is 16.9 Å². The fourth-order valence-electron chi connectivity index (χ4n) is 2.00. The summed E-state index contributed by atoms with van der Waals surface area (Å²) in [4.78, 5) is 18.0. The Kier molecular flexibility index (Phi) is 3.58. The molecular formula is C12H17N3O2. The highest BCUT2D eigenvalue weighted by Gasteiger charge is 2.26. The van der Waals surface area contributed by atoms with Crippen molar-refractivity contribution in [3.05, 3.63) is 24.0 Å². The van der Waals surface area contributed by atoms with Crippen LogP contribution in [0.4, 0.5) is 5.69 Å². The quantitative estimate of drug-likeness (QED) is 0.804. The minimum absolute atomic E-state index is 0.0522. The van der Waals surface area contributed by atoms with E-state index < -0.39 is 0 Å². The molecule has 5 nitrogen and oxygen atoms in total. The SMILES string of the molecule is CNc1ccc(C(=O)N2CCC(CO)C2)nc1. The van der Waals surface area contributed by atoms with E-state index >= 15 is 0 Å². The molecule has 1 atom stereocenters. The molecule has 1 aliphatic heterocycles. The highest BCUT2D eigenvalue weighted by Crippen LogP contribution is 2.17. The number of carbonyl (C=O) groups is 1. The molecule has 1 aliphatic rings. The second-order valence-corrected chi connectivity index (χ2v) is 4.27. The normalized spacial score (nSPS) is 19.4. The largest absolute Gasteiger partial charge is 0.396 e. The van der Waals surface area contributed by atoms with Gasteiger partial charge in [-0.1, -0.05) is 0 Å². The van der Waals surface area contributed by atoms with Gasteiger partial charge < -0.3 is 15.3 Å². The van der Waals surface area contributed by atoms with Gasteiger partial charge in [-0.3, -0.25) is 4.79 Å². The topological polar surface area (TPSA) is 65.5 Å². The van der Waals surface area contributed by atoms with Gasteiger partial charge in [-0.05, 0) is 18.6 Å². The summed E-state index contributed by atoms with van der Waals surface area (Å²) < 4.78 is 0. The van der Waals surface area contributed by atoms with Crippen LogP contribution in [0.2, 0.25) is 0 Å². The van der Waals surface area contributed by atoms with E-state index in [1.165, 1.54) is 0 Å². The van der Waals surface area contributed by atoms with Gasteiger partial charge in [0.15, 0.2) is 0 Å². The molecule has 1 aromatic heterocycles. The fraction of sp³-hybridized carbons (Fsp3) is 0.500. The van der Waals surface area contributed by atoms with Crippen molar-refractivity contribution in [3.63, 3.8) is 0 Å². The number of carbonyl (C=O) groups excluding carboxylic acids is 1. The maximum Gasteiger partial charge on any atom is 0.272 e. The van der Waals surface area contributed by atoms with Crippen molar-refractivity contribution in [2.24, 2.45) is 5.92 Å². The summed E-state index contributed by atoms with van der Waals surface area (Å²) in [6.07, 6.45) is 2.52. The maximum absolute atomic E-state index is 12.1. The van der Waals surface area contributed by atoms with Crippen molar-refractivity contribution in [1.82, 2.24) is 9.88 Å². The van der Waals surface area contributed by atoms with Gasteiger partial charge >= 0.3 is 0 Å². The molecule has 0 aliphatic carbocycles. The number of pyridine rings is 1. The third kappa shape index (κ3) is 2.55. The average molecular weight is 235 g/mol. The van der Waals surface area contributed by atoms with Crippen LogP contribution in [0, 0.1) is 5.92 Å². The molecule has 1 amide bonds. The Morgan fingerprint density at radius 2 is 2.47 bits per heavy atom. The van der Waals surface area contributed by atoms with Crippen LogP contribution in [-0.4, -0.2) is 47.6 Å². The van der Waals surface area contributed by atoms with Crippen molar-refractivity contribution in [2.45, 2.75) is 6.42 Å². The summed E-state index contributed by atoms with van der Waals surface area (Å²) in [6.45, 7) is 1.49. The first-order valence-electron chi connectivity index (χ1n) is 5.78. The van der Waals surface area contributed by atoms with Gasteiger partial charge in [-0.25, -0.2) is 4.98 Å². The lowest BCUT2D eigenvalue weighted by atomic mass is 10.1. The predicted molar refractivity (Wildman–Crippen MR) is 64.9 cm³/mol. The maximum atomic E-state index is 12.1. The highest BCUT2D eigenvalue weighted by molar-refractivity contribution is 5.92. The van der Waals surface area contributed by atoms with Crippen LogP contribution in [-0.2, 0) is 0 Å². The van der Waals surface area contributed by atoms with Crippen molar-refractivity contribution < 1.29 is 9.90 Å². The third-order valence-corrected chi connectivity index (χ3v) is 3.10. The zero-order valence-electron chi connectivity index (χ0n) is 9.89. The second kappa shape index (κ2) is 5.14. The van der Waals surface area contributed by atoms with E-state index in [0.717, 1.165) is 12.1 Å². The fourth-order valence-corrected chi connectivity index (χ4v) is 2.00. The van der Waals surface area contributed by atoms with Crippen molar-refractivity contribution in [3.8, 4) is 0 Å². The Balaban J connectivity index is 2.04. The number of aliphatic hydroxyl groups is 1. The summed E-state index contributed by atoms with van der Waals surface area (Å²) >= 11 is 0. The first-order chi connectivity index (χ1) is 8.24. The number of nitrogens with one attached hydrogen (secondary N) is 1. The minimum atomic E-state index is -0.0522. The van der Waals surface area contributed by atoms with Crippen LogP contribution in [0.5, 0.6) is 0 Å². The zero-order valence-corrected chi connectivity index (χ0v) is 9.89. The lowest BCUT2D eigenvalue weighted by Gasteiger charge is -2.15. The van der Waals surface area contributed by atoms with E-state index in [-0.39, 0.29) is 18.4 Å². The molecule has 1 unspecified atom stereocenters. The predicted octanol–water partition coefficient (Wildman–Crippen LogP) is 0.578. The third-order valence-electron chi connectivity index (χ3n) is 3.10. The van der Waals surface area contributed by atoms with E-state index in [2.05, 4.69) is 10.3 Å². The van der Waals surface area contributed by atoms with Gasteiger partial charge in [0, 0.05) is 32.7 Å². The number of amides is 1. The molecule has 0 bridgehead atoms. The molecule has 2 rings (SSSR count). The molecule has 0 spiro atoms. The van der Waals surface area contributed by atoms with Gasteiger partial charge in [0.2, 0.25) is 0 Å². The van der Waals surface area contributed by atoms with Crippen LogP contribution in [0.15, 0.2) is 18.3 Å². The number of hydrogen-bond acceptors (Lipinski definition) is 4. The molecule has 0 radical (unpaired) electrons. The number of likely N-dealkylation sites (tertiary alicyclic amines) is 1. The lowest BCUT2D eigenvalue weighted by molar-refractivity contribution is 0.0776. The number of anilines is 1. The van der Waals surface area contributed by atoms with Crippen molar-refractivity contribution in [1.29, 1.82) is 0 Å². The number of aromatic nitrogens is 1. The van der Waals surface area contributed by atoms with Crippen molar-refractivity contribution in [2.75, 3.05) is 32.1 Å². The Morgan fingerprint density at radius 3 is 3.00 bits per heavy atom. The molecule has 2 heterocycles. The number of aliphatic hydroxyl groups excluding tert-OH is 1. The van der Waals surface area contributed by atoms with Gasteiger partial charge in [0.05, 0.1) is 11.9 Å². The second-order valence-electron chi connectivity index (χ2n) is 4.27. The first-order valence-corrected chi connectivity index (χ1v) is 5.78. The van der Waals surface area contributed by atoms with Gasteiger partial charge in [-0.2, -0.15) is 0 Å². The average Bonchev–Trinajstić information content (AvgIpc) is 2.87. The molecule has 2 N–H and O–H groups in total. The summed E-state index contributed by atoms with van der Waals surface area (Å²) in [5.41, 5.74) is 1.35. The summed E-state index contributed by atoms with van der Waals surface area (Å²) in [7, 11) is 1.81. The lowest BCUT2D eigenvalue weighted by Crippen LogP contribution is -2.29. The summed E-state index contributed by atoms with van der Waals surface area (Å²) in [6, 6.07) is 3.56. The van der Waals surface area contributed by atoms with Crippen LogP contribution >= 0.6 is 0 Å². The highest BCUT2D eigenvalue weighted by atomic mass is 16.3. The van der Waals surface area contributed by atoms with Crippen LogP contribution in [0.25, 0.3) is 0 Å². The van der Waals surface area contributed by atoms with Crippen molar-refractivity contribution >= 4 is 11.6 Å². The van der Waals surface area contributed by atoms with E-state index in [1.54, 1.807) is 17.2 Å².